The van der Waals surface area contributed by atoms with E-state index in [0.29, 0.717) is 0 Å². The summed E-state index contributed by atoms with van der Waals surface area (Å²) in [6.07, 6.45) is 0. The van der Waals surface area contributed by atoms with Crippen molar-refractivity contribution in [3.63, 3.8) is 0 Å². The molecule has 0 unspecified atom stereocenters. The van der Waals surface area contributed by atoms with Crippen molar-refractivity contribution >= 4 is 38.9 Å². The van der Waals surface area contributed by atoms with Gasteiger partial charge in [0.1, 0.15) is 0 Å². The van der Waals surface area contributed by atoms with Gasteiger partial charge in [0, 0.05) is 33.5 Å². The van der Waals surface area contributed by atoms with Crippen LogP contribution >= 0.6 is 0 Å². The Morgan fingerprint density at radius 3 is 1.38 bits per heavy atom. The molecule has 0 bridgehead atoms. The van der Waals surface area contributed by atoms with Gasteiger partial charge in [-0.3, -0.25) is 0 Å². The molecule has 0 aliphatic heterocycles. The second-order valence-electron chi connectivity index (χ2n) is 12.6. The molecule has 0 aliphatic rings. The number of nitrogens with zero attached hydrogens (tertiary/aromatic N) is 2. The van der Waals surface area contributed by atoms with Gasteiger partial charge in [0.05, 0.1) is 11.0 Å². The van der Waals surface area contributed by atoms with Crippen molar-refractivity contribution in [2.24, 2.45) is 0 Å². The number of fused-ring (bicyclic) bond motifs is 3. The third-order valence-electron chi connectivity index (χ3n) is 9.53. The van der Waals surface area contributed by atoms with Gasteiger partial charge in [-0.05, 0) is 100 Å². The van der Waals surface area contributed by atoms with Gasteiger partial charge in [-0.15, -0.1) is 0 Å². The third kappa shape index (κ3) is 5.43. The van der Waals surface area contributed by atoms with Gasteiger partial charge in [0.15, 0.2) is 0 Å². The molecule has 0 amide bonds. The summed E-state index contributed by atoms with van der Waals surface area (Å²) in [6, 6.07) is 74.1. The number of para-hydroxylation sites is 3. The maximum atomic E-state index is 2.44. The SMILES string of the molecule is c1ccc(-c2cc(-c3ccccc3)cc(-n3c4ccccc4c4ccc(-c5cccc(N(c6ccccc6)c6ccccc6)c5)cc43)c2)cc1. The summed E-state index contributed by atoms with van der Waals surface area (Å²) in [5.41, 5.74) is 14.0. The fourth-order valence-electron chi connectivity index (χ4n) is 7.19. The highest BCUT2D eigenvalue weighted by atomic mass is 15.1. The van der Waals surface area contributed by atoms with Crippen LogP contribution in [0.3, 0.4) is 0 Å². The van der Waals surface area contributed by atoms with E-state index in [-0.39, 0.29) is 0 Å². The Morgan fingerprint density at radius 1 is 0.280 bits per heavy atom. The highest BCUT2D eigenvalue weighted by Gasteiger charge is 2.17. The Balaban J connectivity index is 1.24. The molecule has 0 fully saturated rings. The highest BCUT2D eigenvalue weighted by Crippen LogP contribution is 2.40. The van der Waals surface area contributed by atoms with Gasteiger partial charge in [0.25, 0.3) is 0 Å². The van der Waals surface area contributed by atoms with Gasteiger partial charge in [-0.2, -0.15) is 0 Å². The van der Waals surface area contributed by atoms with Crippen LogP contribution in [0.25, 0.3) is 60.9 Å². The van der Waals surface area contributed by atoms with E-state index < -0.39 is 0 Å². The van der Waals surface area contributed by atoms with E-state index in [9.17, 15) is 0 Å². The van der Waals surface area contributed by atoms with Crippen molar-refractivity contribution in [1.29, 1.82) is 0 Å². The first-order valence-corrected chi connectivity index (χ1v) is 17.1. The van der Waals surface area contributed by atoms with Gasteiger partial charge in [0.2, 0.25) is 0 Å². The zero-order valence-corrected chi connectivity index (χ0v) is 27.5. The Kier molecular flexibility index (Phi) is 7.53. The Morgan fingerprint density at radius 2 is 0.760 bits per heavy atom. The molecule has 1 heterocycles. The molecule has 0 saturated carbocycles. The van der Waals surface area contributed by atoms with Crippen molar-refractivity contribution in [3.8, 4) is 39.1 Å². The number of rotatable bonds is 7. The fraction of sp³-hybridized carbons (Fsp3) is 0. The van der Waals surface area contributed by atoms with Crippen molar-refractivity contribution in [1.82, 2.24) is 4.57 Å². The van der Waals surface area contributed by atoms with Gasteiger partial charge in [-0.1, -0.05) is 140 Å². The lowest BCUT2D eigenvalue weighted by Gasteiger charge is -2.26. The van der Waals surface area contributed by atoms with E-state index in [1.165, 1.54) is 55.2 Å². The van der Waals surface area contributed by atoms with E-state index in [1.807, 2.05) is 0 Å². The van der Waals surface area contributed by atoms with E-state index >= 15 is 0 Å². The monoisotopic (exact) mass is 638 g/mol. The molecule has 0 radical (unpaired) electrons. The van der Waals surface area contributed by atoms with Crippen molar-refractivity contribution in [2.45, 2.75) is 0 Å². The molecule has 2 nitrogen and oxygen atoms in total. The van der Waals surface area contributed by atoms with Gasteiger partial charge < -0.3 is 9.47 Å². The predicted molar refractivity (Wildman–Crippen MR) is 212 cm³/mol. The number of benzene rings is 8. The minimum Gasteiger partial charge on any atom is -0.310 e. The summed E-state index contributed by atoms with van der Waals surface area (Å²) < 4.78 is 2.44. The van der Waals surface area contributed by atoms with Crippen LogP contribution in [0.2, 0.25) is 0 Å². The number of anilines is 3. The molecule has 236 valence electrons. The molecule has 9 rings (SSSR count). The average molecular weight is 639 g/mol. The second-order valence-corrected chi connectivity index (χ2v) is 12.6. The zero-order chi connectivity index (χ0) is 33.3. The highest BCUT2D eigenvalue weighted by molar-refractivity contribution is 6.10. The van der Waals surface area contributed by atoms with Crippen molar-refractivity contribution in [2.75, 3.05) is 4.90 Å². The molecule has 0 spiro atoms. The maximum absolute atomic E-state index is 2.44. The standard InChI is InChI=1S/C48H34N2/c1-5-16-35(17-6-1)39-30-40(36-18-7-2-8-19-36)33-44(32-39)50-47-27-14-13-26-45(47)46-29-28-38(34-48(46)50)37-20-15-25-43(31-37)49(41-21-9-3-10-22-41)42-23-11-4-12-24-42/h1-34H. The first kappa shape index (κ1) is 29.5. The molecule has 0 saturated heterocycles. The van der Waals surface area contributed by atoms with E-state index in [2.05, 4.69) is 216 Å². The van der Waals surface area contributed by atoms with Crippen LogP contribution < -0.4 is 4.90 Å². The van der Waals surface area contributed by atoms with Crippen molar-refractivity contribution in [3.05, 3.63) is 206 Å². The zero-order valence-electron chi connectivity index (χ0n) is 27.5. The molecule has 2 heteroatoms. The summed E-state index contributed by atoms with van der Waals surface area (Å²) in [5.74, 6) is 0. The fourth-order valence-corrected chi connectivity index (χ4v) is 7.19. The average Bonchev–Trinajstić information content (AvgIpc) is 3.53. The summed E-state index contributed by atoms with van der Waals surface area (Å²) in [5, 5.41) is 2.48. The molecule has 1 aromatic heterocycles. The summed E-state index contributed by atoms with van der Waals surface area (Å²) in [6.45, 7) is 0. The largest absolute Gasteiger partial charge is 0.310 e. The van der Waals surface area contributed by atoms with Crippen LogP contribution in [0.4, 0.5) is 17.1 Å². The molecule has 0 N–H and O–H groups in total. The quantitative estimate of drug-likeness (QED) is 0.169. The summed E-state index contributed by atoms with van der Waals surface area (Å²) >= 11 is 0. The second kappa shape index (κ2) is 12.8. The van der Waals surface area contributed by atoms with Crippen LogP contribution in [0.15, 0.2) is 206 Å². The minimum atomic E-state index is 1.11. The third-order valence-corrected chi connectivity index (χ3v) is 9.53. The smallest absolute Gasteiger partial charge is 0.0547 e. The van der Waals surface area contributed by atoms with E-state index in [4.69, 9.17) is 0 Å². The van der Waals surface area contributed by atoms with Crippen LogP contribution in [0.1, 0.15) is 0 Å². The molecule has 8 aromatic carbocycles. The van der Waals surface area contributed by atoms with Crippen LogP contribution in [0.5, 0.6) is 0 Å². The lowest BCUT2D eigenvalue weighted by Crippen LogP contribution is -2.09. The number of aromatic nitrogens is 1. The van der Waals surface area contributed by atoms with Gasteiger partial charge in [-0.25, -0.2) is 0 Å². The summed E-state index contributed by atoms with van der Waals surface area (Å²) in [7, 11) is 0. The van der Waals surface area contributed by atoms with Crippen LogP contribution in [-0.4, -0.2) is 4.57 Å². The summed E-state index contributed by atoms with van der Waals surface area (Å²) in [4.78, 5) is 2.32. The normalized spacial score (nSPS) is 11.2. The van der Waals surface area contributed by atoms with Crippen LogP contribution in [0, 0.1) is 0 Å². The van der Waals surface area contributed by atoms with Crippen molar-refractivity contribution < 1.29 is 0 Å². The van der Waals surface area contributed by atoms with Crippen LogP contribution in [-0.2, 0) is 0 Å². The first-order chi connectivity index (χ1) is 24.8. The lowest BCUT2D eigenvalue weighted by molar-refractivity contribution is 1.18. The molecular weight excluding hydrogens is 605 g/mol. The van der Waals surface area contributed by atoms with Gasteiger partial charge >= 0.3 is 0 Å². The Bertz CT molecular complexity index is 2470. The molecule has 50 heavy (non-hydrogen) atoms. The Hall–Kier alpha value is -6.64. The predicted octanol–water partition coefficient (Wildman–Crippen LogP) is 13.3. The topological polar surface area (TPSA) is 8.17 Å². The first-order valence-electron chi connectivity index (χ1n) is 17.1. The number of hydrogen-bond acceptors (Lipinski definition) is 1. The number of hydrogen-bond donors (Lipinski definition) is 0. The molecular formula is C48H34N2. The maximum Gasteiger partial charge on any atom is 0.0547 e. The molecule has 0 aliphatic carbocycles. The van der Waals surface area contributed by atoms with E-state index in [0.717, 1.165) is 22.7 Å². The minimum absolute atomic E-state index is 1.11. The lowest BCUT2D eigenvalue weighted by atomic mass is 9.98. The van der Waals surface area contributed by atoms with E-state index in [1.54, 1.807) is 0 Å². The molecule has 0 atom stereocenters. The Labute approximate surface area is 292 Å². The molecule has 9 aromatic rings.